The summed E-state index contributed by atoms with van der Waals surface area (Å²) in [7, 11) is 0. The van der Waals surface area contributed by atoms with Crippen molar-refractivity contribution in [2.24, 2.45) is 0 Å². The van der Waals surface area contributed by atoms with Crippen molar-refractivity contribution in [2.75, 3.05) is 0 Å². The average Bonchev–Trinajstić information content (AvgIpc) is 3.18. The molecule has 1 aliphatic carbocycles. The molecule has 4 rings (SSSR count). The molecule has 1 saturated carbocycles. The van der Waals surface area contributed by atoms with Crippen LogP contribution in [0.25, 0.3) is 5.65 Å². The monoisotopic (exact) mass is 330 g/mol. The molecule has 0 spiro atoms. The van der Waals surface area contributed by atoms with Crippen molar-refractivity contribution in [3.63, 3.8) is 0 Å². The Morgan fingerprint density at radius 1 is 1.22 bits per heavy atom. The van der Waals surface area contributed by atoms with Gasteiger partial charge in [-0.05, 0) is 36.0 Å². The summed E-state index contributed by atoms with van der Waals surface area (Å²) >= 11 is 6.01. The van der Waals surface area contributed by atoms with Crippen LogP contribution in [0.1, 0.15) is 34.9 Å². The summed E-state index contributed by atoms with van der Waals surface area (Å²) in [6, 6.07) is 6.15. The van der Waals surface area contributed by atoms with Gasteiger partial charge in [-0.2, -0.15) is 10.4 Å². The average molecular weight is 331 g/mol. The largest absolute Gasteiger partial charge is 0.235 e. The molecule has 114 valence electrons. The van der Waals surface area contributed by atoms with E-state index in [1.165, 1.54) is 12.1 Å². The van der Waals surface area contributed by atoms with E-state index in [0.717, 1.165) is 5.56 Å². The van der Waals surface area contributed by atoms with E-state index < -0.39 is 11.6 Å². The van der Waals surface area contributed by atoms with Crippen LogP contribution in [-0.2, 0) is 0 Å². The zero-order chi connectivity index (χ0) is 16.1. The molecule has 2 atom stereocenters. The number of benzene rings is 1. The Kier molecular flexibility index (Phi) is 3.06. The van der Waals surface area contributed by atoms with Crippen molar-refractivity contribution in [1.29, 1.82) is 5.26 Å². The third-order valence-electron chi connectivity index (χ3n) is 4.18. The van der Waals surface area contributed by atoms with E-state index in [-0.39, 0.29) is 23.0 Å². The van der Waals surface area contributed by atoms with Crippen molar-refractivity contribution < 1.29 is 8.78 Å². The molecule has 1 aromatic carbocycles. The maximum Gasteiger partial charge on any atom is 0.176 e. The van der Waals surface area contributed by atoms with Crippen LogP contribution in [0.4, 0.5) is 8.78 Å². The third kappa shape index (κ3) is 2.16. The van der Waals surface area contributed by atoms with Crippen molar-refractivity contribution in [1.82, 2.24) is 14.6 Å². The smallest absolute Gasteiger partial charge is 0.176 e. The lowest BCUT2D eigenvalue weighted by molar-refractivity contribution is 0.496. The summed E-state index contributed by atoms with van der Waals surface area (Å²) in [4.78, 5) is 4.25. The van der Waals surface area contributed by atoms with Crippen LogP contribution >= 0.6 is 11.6 Å². The lowest BCUT2D eigenvalue weighted by Gasteiger charge is -2.06. The van der Waals surface area contributed by atoms with Crippen molar-refractivity contribution in [2.45, 2.75) is 18.3 Å². The Bertz CT molecular complexity index is 976. The molecule has 2 aromatic heterocycles. The summed E-state index contributed by atoms with van der Waals surface area (Å²) in [6.07, 6.45) is 3.97. The number of aromatic nitrogens is 3. The van der Waals surface area contributed by atoms with Crippen molar-refractivity contribution in [3.8, 4) is 6.07 Å². The molecule has 2 heterocycles. The van der Waals surface area contributed by atoms with Gasteiger partial charge in [-0.25, -0.2) is 18.3 Å². The Morgan fingerprint density at radius 3 is 2.78 bits per heavy atom. The molecular weight excluding hydrogens is 322 g/mol. The minimum atomic E-state index is -1.09. The number of hydrogen-bond donors (Lipinski definition) is 0. The van der Waals surface area contributed by atoms with Crippen molar-refractivity contribution in [3.05, 3.63) is 64.1 Å². The molecule has 0 saturated heterocycles. The van der Waals surface area contributed by atoms with E-state index in [4.69, 9.17) is 16.9 Å². The molecular formula is C16H9ClF2N4. The first-order valence-electron chi connectivity index (χ1n) is 6.98. The fourth-order valence-corrected chi connectivity index (χ4v) is 3.20. The summed E-state index contributed by atoms with van der Waals surface area (Å²) in [5.41, 5.74) is 1.52. The molecule has 1 unspecified atom stereocenters. The Labute approximate surface area is 134 Å². The predicted molar refractivity (Wildman–Crippen MR) is 79.2 cm³/mol. The SMILES string of the molecule is N#Cc1ccc([C@H]2CC2c2cc(Cl)nn3ccnc23)c(F)c1F. The molecule has 1 aliphatic rings. The number of imidazole rings is 1. The van der Waals surface area contributed by atoms with Gasteiger partial charge < -0.3 is 0 Å². The molecule has 4 nitrogen and oxygen atoms in total. The second kappa shape index (κ2) is 5.00. The maximum absolute atomic E-state index is 14.2. The summed E-state index contributed by atoms with van der Waals surface area (Å²) < 4.78 is 29.6. The van der Waals surface area contributed by atoms with Crippen LogP contribution < -0.4 is 0 Å². The molecule has 1 fully saturated rings. The van der Waals surface area contributed by atoms with Crippen LogP contribution in [0.15, 0.2) is 30.6 Å². The van der Waals surface area contributed by atoms with Crippen molar-refractivity contribution >= 4 is 17.2 Å². The minimum Gasteiger partial charge on any atom is -0.235 e. The quantitative estimate of drug-likeness (QED) is 0.718. The highest BCUT2D eigenvalue weighted by molar-refractivity contribution is 6.29. The molecule has 23 heavy (non-hydrogen) atoms. The van der Waals surface area contributed by atoms with Gasteiger partial charge in [0.1, 0.15) is 11.2 Å². The van der Waals surface area contributed by atoms with Gasteiger partial charge >= 0.3 is 0 Å². The van der Waals surface area contributed by atoms with Crippen LogP contribution in [0.3, 0.4) is 0 Å². The number of hydrogen-bond acceptors (Lipinski definition) is 3. The number of rotatable bonds is 2. The number of nitrogens with zero attached hydrogens (tertiary/aromatic N) is 4. The number of halogens is 3. The number of fused-ring (bicyclic) bond motifs is 1. The lowest BCUT2D eigenvalue weighted by Crippen LogP contribution is -1.99. The lowest BCUT2D eigenvalue weighted by atomic mass is 10.0. The second-order valence-electron chi connectivity index (χ2n) is 5.51. The standard InChI is InChI=1S/C16H9ClF2N4/c17-13-6-12(16-21-3-4-23(16)22-13)11-5-10(11)9-2-1-8(7-20)14(18)15(9)19/h1-4,6,10-11H,5H2/t10-,11?/m1/s1. The highest BCUT2D eigenvalue weighted by Gasteiger charge is 2.43. The van der Waals surface area contributed by atoms with Gasteiger partial charge in [0.2, 0.25) is 0 Å². The maximum atomic E-state index is 14.2. The third-order valence-corrected chi connectivity index (χ3v) is 4.36. The van der Waals surface area contributed by atoms with E-state index in [2.05, 4.69) is 10.1 Å². The van der Waals surface area contributed by atoms with E-state index in [1.54, 1.807) is 29.0 Å². The van der Waals surface area contributed by atoms with E-state index in [1.807, 2.05) is 0 Å². The predicted octanol–water partition coefficient (Wildman–Crippen LogP) is 3.80. The van der Waals surface area contributed by atoms with Crippen LogP contribution in [0, 0.1) is 23.0 Å². The summed E-state index contributed by atoms with van der Waals surface area (Å²) in [6.45, 7) is 0. The zero-order valence-corrected chi connectivity index (χ0v) is 12.4. The van der Waals surface area contributed by atoms with Crippen LogP contribution in [0.5, 0.6) is 0 Å². The van der Waals surface area contributed by atoms with E-state index >= 15 is 0 Å². The first-order valence-corrected chi connectivity index (χ1v) is 7.35. The first-order chi connectivity index (χ1) is 11.1. The Morgan fingerprint density at radius 2 is 2.00 bits per heavy atom. The van der Waals surface area contributed by atoms with E-state index in [0.29, 0.717) is 17.2 Å². The Hall–Kier alpha value is -2.52. The van der Waals surface area contributed by atoms with Gasteiger partial charge in [0.05, 0.1) is 5.56 Å². The number of nitriles is 1. The van der Waals surface area contributed by atoms with Gasteiger partial charge in [0.15, 0.2) is 17.3 Å². The zero-order valence-electron chi connectivity index (χ0n) is 11.7. The normalized spacial score (nSPS) is 19.7. The molecule has 0 bridgehead atoms. The fraction of sp³-hybridized carbons (Fsp3) is 0.188. The summed E-state index contributed by atoms with van der Waals surface area (Å²) in [5.74, 6) is -2.19. The fourth-order valence-electron chi connectivity index (χ4n) is 3.00. The highest BCUT2D eigenvalue weighted by atomic mass is 35.5. The van der Waals surface area contributed by atoms with Gasteiger partial charge in [0, 0.05) is 18.0 Å². The second-order valence-corrected chi connectivity index (χ2v) is 5.90. The van der Waals surface area contributed by atoms with Crippen LogP contribution in [-0.4, -0.2) is 14.6 Å². The summed E-state index contributed by atoms with van der Waals surface area (Å²) in [5, 5.41) is 13.2. The Balaban J connectivity index is 1.74. The highest BCUT2D eigenvalue weighted by Crippen LogP contribution is 2.56. The first kappa shape index (κ1) is 14.1. The van der Waals surface area contributed by atoms with Gasteiger partial charge in [0.25, 0.3) is 0 Å². The topological polar surface area (TPSA) is 54.0 Å². The molecule has 7 heteroatoms. The molecule has 3 aromatic rings. The molecule has 0 radical (unpaired) electrons. The van der Waals surface area contributed by atoms with E-state index in [9.17, 15) is 8.78 Å². The van der Waals surface area contributed by atoms with Gasteiger partial charge in [-0.3, -0.25) is 0 Å². The molecule has 0 N–H and O–H groups in total. The minimum absolute atomic E-state index is 0.00207. The molecule has 0 amide bonds. The van der Waals surface area contributed by atoms with Gasteiger partial charge in [-0.1, -0.05) is 17.7 Å². The van der Waals surface area contributed by atoms with Gasteiger partial charge in [-0.15, -0.1) is 0 Å². The molecule has 0 aliphatic heterocycles. The van der Waals surface area contributed by atoms with Crippen LogP contribution in [0.2, 0.25) is 5.15 Å².